The van der Waals surface area contributed by atoms with E-state index in [-0.39, 0.29) is 5.91 Å². The first-order valence-electron chi connectivity index (χ1n) is 10.6. The van der Waals surface area contributed by atoms with Crippen LogP contribution in [0.1, 0.15) is 28.4 Å². The van der Waals surface area contributed by atoms with Crippen molar-refractivity contribution in [1.29, 1.82) is 0 Å². The molecule has 0 aliphatic heterocycles. The summed E-state index contributed by atoms with van der Waals surface area (Å²) in [6.07, 6.45) is 1.09. The zero-order chi connectivity index (χ0) is 24.3. The van der Waals surface area contributed by atoms with Gasteiger partial charge in [-0.1, -0.05) is 60.2 Å². The maximum atomic E-state index is 13.1. The van der Waals surface area contributed by atoms with Gasteiger partial charge in [0, 0.05) is 16.6 Å². The number of rotatable bonds is 6. The number of nitrogens with zero attached hydrogens (tertiary/aromatic N) is 2. The second-order valence-electron chi connectivity index (χ2n) is 8.03. The number of carbonyl (C=O) groups is 1. The molecule has 34 heavy (non-hydrogen) atoms. The third-order valence-electron chi connectivity index (χ3n) is 5.24. The smallest absolute Gasteiger partial charge is 0.272 e. The molecular formula is C26H24N4O3S. The SMILES string of the molecule is C/C(=N/NC(=O)c1cc(-c2ccc(C)cc2)nc2ccccc12)c1ccc(NS(C)(=O)=O)cc1. The molecule has 1 amide bonds. The molecule has 1 aromatic heterocycles. The maximum absolute atomic E-state index is 13.1. The molecule has 3 aromatic carbocycles. The van der Waals surface area contributed by atoms with Crippen LogP contribution in [-0.4, -0.2) is 31.3 Å². The highest BCUT2D eigenvalue weighted by atomic mass is 32.2. The lowest BCUT2D eigenvalue weighted by atomic mass is 10.0. The van der Waals surface area contributed by atoms with Crippen molar-refractivity contribution in [3.05, 3.63) is 95.6 Å². The number of para-hydroxylation sites is 1. The summed E-state index contributed by atoms with van der Waals surface area (Å²) >= 11 is 0. The molecule has 4 aromatic rings. The zero-order valence-electron chi connectivity index (χ0n) is 19.0. The Morgan fingerprint density at radius 2 is 1.62 bits per heavy atom. The fraction of sp³-hybridized carbons (Fsp3) is 0.115. The van der Waals surface area contributed by atoms with Gasteiger partial charge in [0.15, 0.2) is 0 Å². The normalized spacial score (nSPS) is 11.9. The minimum Gasteiger partial charge on any atom is -0.284 e. The van der Waals surface area contributed by atoms with Crippen LogP contribution in [0.15, 0.2) is 84.0 Å². The number of benzene rings is 3. The predicted octanol–water partition coefficient (Wildman–Crippen LogP) is 4.74. The topological polar surface area (TPSA) is 101 Å². The van der Waals surface area contributed by atoms with E-state index in [0.29, 0.717) is 22.7 Å². The molecule has 0 aliphatic carbocycles. The Bertz CT molecular complexity index is 1490. The molecule has 0 unspecified atom stereocenters. The minimum atomic E-state index is -3.35. The van der Waals surface area contributed by atoms with Gasteiger partial charge in [0.1, 0.15) is 0 Å². The average molecular weight is 473 g/mol. The van der Waals surface area contributed by atoms with E-state index in [0.717, 1.165) is 33.8 Å². The lowest BCUT2D eigenvalue weighted by Crippen LogP contribution is -2.20. The molecule has 0 radical (unpaired) electrons. The molecule has 172 valence electrons. The highest BCUT2D eigenvalue weighted by molar-refractivity contribution is 7.92. The number of amides is 1. The third kappa shape index (κ3) is 5.47. The van der Waals surface area contributed by atoms with Gasteiger partial charge < -0.3 is 0 Å². The van der Waals surface area contributed by atoms with Gasteiger partial charge in [-0.25, -0.2) is 18.8 Å². The Morgan fingerprint density at radius 1 is 0.941 bits per heavy atom. The Labute approximate surface area is 198 Å². The number of pyridine rings is 1. The first kappa shape index (κ1) is 23.1. The molecule has 0 spiro atoms. The molecule has 0 saturated heterocycles. The summed E-state index contributed by atoms with van der Waals surface area (Å²) in [7, 11) is -3.35. The Hall–Kier alpha value is -4.04. The van der Waals surface area contributed by atoms with Gasteiger partial charge in [0.25, 0.3) is 5.91 Å². The first-order chi connectivity index (χ1) is 16.2. The van der Waals surface area contributed by atoms with Crippen LogP contribution < -0.4 is 10.1 Å². The number of nitrogens with one attached hydrogen (secondary N) is 2. The molecule has 8 heteroatoms. The van der Waals surface area contributed by atoms with Crippen molar-refractivity contribution in [2.75, 3.05) is 11.0 Å². The second kappa shape index (κ2) is 9.44. The van der Waals surface area contributed by atoms with Crippen LogP contribution >= 0.6 is 0 Å². The fourth-order valence-electron chi connectivity index (χ4n) is 3.49. The summed E-state index contributed by atoms with van der Waals surface area (Å²) in [4.78, 5) is 17.9. The van der Waals surface area contributed by atoms with E-state index in [2.05, 4.69) is 15.2 Å². The molecule has 0 fully saturated rings. The maximum Gasteiger partial charge on any atom is 0.272 e. The van der Waals surface area contributed by atoms with Gasteiger partial charge in [0.2, 0.25) is 10.0 Å². The van der Waals surface area contributed by atoms with Crippen LogP contribution in [0.5, 0.6) is 0 Å². The first-order valence-corrected chi connectivity index (χ1v) is 12.5. The van der Waals surface area contributed by atoms with Crippen LogP contribution in [0, 0.1) is 6.92 Å². The lowest BCUT2D eigenvalue weighted by molar-refractivity contribution is 0.0956. The quantitative estimate of drug-likeness (QED) is 0.313. The van der Waals surface area contributed by atoms with Crippen molar-refractivity contribution in [1.82, 2.24) is 10.4 Å². The number of aryl methyl sites for hydroxylation is 1. The summed E-state index contributed by atoms with van der Waals surface area (Å²) in [6.45, 7) is 3.79. The van der Waals surface area contributed by atoms with Gasteiger partial charge in [-0.15, -0.1) is 0 Å². The number of carbonyl (C=O) groups excluding carboxylic acids is 1. The van der Waals surface area contributed by atoms with Gasteiger partial charge in [-0.3, -0.25) is 9.52 Å². The van der Waals surface area contributed by atoms with E-state index < -0.39 is 10.0 Å². The highest BCUT2D eigenvalue weighted by Gasteiger charge is 2.14. The summed E-state index contributed by atoms with van der Waals surface area (Å²) in [5.74, 6) is -0.346. The molecule has 1 heterocycles. The molecular weight excluding hydrogens is 448 g/mol. The number of hydrazone groups is 1. The molecule has 7 nitrogen and oxygen atoms in total. The van der Waals surface area contributed by atoms with Crippen molar-refractivity contribution < 1.29 is 13.2 Å². The number of fused-ring (bicyclic) bond motifs is 1. The van der Waals surface area contributed by atoms with Crippen molar-refractivity contribution in [3.8, 4) is 11.3 Å². The summed E-state index contributed by atoms with van der Waals surface area (Å²) in [6, 6.07) is 24.0. The van der Waals surface area contributed by atoms with Crippen LogP contribution in [-0.2, 0) is 10.0 Å². The second-order valence-corrected chi connectivity index (χ2v) is 9.78. The van der Waals surface area contributed by atoms with Crippen molar-refractivity contribution in [3.63, 3.8) is 0 Å². The van der Waals surface area contributed by atoms with E-state index in [1.165, 1.54) is 0 Å². The minimum absolute atomic E-state index is 0.346. The van der Waals surface area contributed by atoms with Crippen LogP contribution in [0.4, 0.5) is 5.69 Å². The molecule has 4 rings (SSSR count). The molecule has 0 saturated carbocycles. The van der Waals surface area contributed by atoms with Gasteiger partial charge in [-0.05, 0) is 43.7 Å². The third-order valence-corrected chi connectivity index (χ3v) is 5.85. The largest absolute Gasteiger partial charge is 0.284 e. The van der Waals surface area contributed by atoms with Crippen LogP contribution in [0.2, 0.25) is 0 Å². The molecule has 0 bridgehead atoms. The average Bonchev–Trinajstić information content (AvgIpc) is 2.81. The van der Waals surface area contributed by atoms with Gasteiger partial charge in [-0.2, -0.15) is 5.10 Å². The van der Waals surface area contributed by atoms with E-state index in [1.54, 1.807) is 37.3 Å². The molecule has 0 aliphatic rings. The number of anilines is 1. The van der Waals surface area contributed by atoms with Crippen molar-refractivity contribution in [2.45, 2.75) is 13.8 Å². The monoisotopic (exact) mass is 472 g/mol. The highest BCUT2D eigenvalue weighted by Crippen LogP contribution is 2.25. The van der Waals surface area contributed by atoms with Crippen LogP contribution in [0.25, 0.3) is 22.2 Å². The fourth-order valence-corrected chi connectivity index (χ4v) is 4.05. The lowest BCUT2D eigenvalue weighted by Gasteiger charge is -2.10. The number of hydrogen-bond donors (Lipinski definition) is 2. The predicted molar refractivity (Wildman–Crippen MR) is 137 cm³/mol. The zero-order valence-corrected chi connectivity index (χ0v) is 19.8. The summed E-state index contributed by atoms with van der Waals surface area (Å²) in [5.41, 5.74) is 8.40. The van der Waals surface area contributed by atoms with Gasteiger partial charge >= 0.3 is 0 Å². The number of sulfonamides is 1. The van der Waals surface area contributed by atoms with Gasteiger partial charge in [0.05, 0.1) is 28.7 Å². The summed E-state index contributed by atoms with van der Waals surface area (Å²) in [5, 5.41) is 4.99. The van der Waals surface area contributed by atoms with Crippen LogP contribution in [0.3, 0.4) is 0 Å². The van der Waals surface area contributed by atoms with E-state index in [1.807, 2.05) is 55.5 Å². The molecule has 0 atom stereocenters. The molecule has 2 N–H and O–H groups in total. The van der Waals surface area contributed by atoms with E-state index in [9.17, 15) is 13.2 Å². The Kier molecular flexibility index (Phi) is 6.43. The number of aromatic nitrogens is 1. The Balaban J connectivity index is 1.61. The standard InChI is InChI=1S/C26H24N4O3S/c1-17-8-10-20(11-9-17)25-16-23(22-6-4-5-7-24(22)27-25)26(31)29-28-18(2)19-12-14-21(15-13-19)30-34(3,32)33/h4-16,30H,1-3H3,(H,29,31)/b28-18-. The Morgan fingerprint density at radius 3 is 2.29 bits per heavy atom. The van der Waals surface area contributed by atoms with Crippen molar-refractivity contribution in [2.24, 2.45) is 5.10 Å². The summed E-state index contributed by atoms with van der Waals surface area (Å²) < 4.78 is 25.1. The van der Waals surface area contributed by atoms with E-state index >= 15 is 0 Å². The van der Waals surface area contributed by atoms with E-state index in [4.69, 9.17) is 4.98 Å². The van der Waals surface area contributed by atoms with Crippen molar-refractivity contribution >= 4 is 38.2 Å². The number of hydrogen-bond acceptors (Lipinski definition) is 5.